The number of nitrogens with one attached hydrogen (secondary N) is 1. The summed E-state index contributed by atoms with van der Waals surface area (Å²) < 4.78 is 19.0. The number of aromatic amines is 1. The molecular formula is C26H20FN4O. The topological polar surface area (TPSA) is 63.7 Å². The summed E-state index contributed by atoms with van der Waals surface area (Å²) in [5, 5.41) is 1.10. The average molecular weight is 423 g/mol. The number of rotatable bonds is 6. The van der Waals surface area contributed by atoms with Crippen LogP contribution in [-0.4, -0.2) is 27.0 Å². The Morgan fingerprint density at radius 2 is 1.88 bits per heavy atom. The van der Waals surface area contributed by atoms with Crippen LogP contribution in [0.5, 0.6) is 5.88 Å². The van der Waals surface area contributed by atoms with E-state index in [1.54, 1.807) is 0 Å². The number of ether oxygens (including phenoxy) is 1. The molecule has 6 heteroatoms. The molecule has 1 radical (unpaired) electrons. The molecule has 0 unspecified atom stereocenters. The lowest BCUT2D eigenvalue weighted by molar-refractivity contribution is 0.391. The standard InChI is InChI=1S/C26H20FN4O/c1-32-26-20(12-22(27)16-31-26)10-17-9-18(14-28-13-17)11-21-15-30-25-24(21)23(7-8-29-25)19-5-3-2-4-6-19/h2-9,12,14-16H,10-11H2,1H3,(H,29,30). The largest absolute Gasteiger partial charge is 0.481 e. The number of nitrogens with zero attached hydrogens (tertiary/aromatic N) is 3. The molecule has 4 heterocycles. The highest BCUT2D eigenvalue weighted by atomic mass is 19.1. The molecule has 0 fully saturated rings. The zero-order valence-electron chi connectivity index (χ0n) is 17.5. The number of hydrogen-bond donors (Lipinski definition) is 1. The number of methoxy groups -OCH3 is 1. The molecule has 0 aliphatic heterocycles. The van der Waals surface area contributed by atoms with E-state index in [0.29, 0.717) is 24.3 Å². The second-order valence-corrected chi connectivity index (χ2v) is 7.55. The molecule has 0 spiro atoms. The first-order chi connectivity index (χ1) is 15.7. The monoisotopic (exact) mass is 423 g/mol. The number of halogens is 1. The van der Waals surface area contributed by atoms with Crippen LogP contribution in [0.3, 0.4) is 0 Å². The van der Waals surface area contributed by atoms with Gasteiger partial charge < -0.3 is 9.72 Å². The number of benzene rings is 1. The van der Waals surface area contributed by atoms with Crippen molar-refractivity contribution in [2.75, 3.05) is 7.11 Å². The average Bonchev–Trinajstić information content (AvgIpc) is 3.23. The van der Waals surface area contributed by atoms with Gasteiger partial charge in [0.2, 0.25) is 5.88 Å². The van der Waals surface area contributed by atoms with Gasteiger partial charge in [-0.1, -0.05) is 36.4 Å². The van der Waals surface area contributed by atoms with Crippen molar-refractivity contribution in [3.8, 4) is 17.0 Å². The quantitative estimate of drug-likeness (QED) is 0.410. The fourth-order valence-corrected chi connectivity index (χ4v) is 4.00. The fourth-order valence-electron chi connectivity index (χ4n) is 4.00. The Morgan fingerprint density at radius 1 is 1.00 bits per heavy atom. The van der Waals surface area contributed by atoms with E-state index in [1.165, 1.54) is 13.2 Å². The molecular weight excluding hydrogens is 403 g/mol. The maximum absolute atomic E-state index is 13.7. The Balaban J connectivity index is 1.48. The van der Waals surface area contributed by atoms with Crippen LogP contribution >= 0.6 is 0 Å². The molecule has 32 heavy (non-hydrogen) atoms. The minimum atomic E-state index is -0.398. The van der Waals surface area contributed by atoms with Crippen molar-refractivity contribution in [3.63, 3.8) is 0 Å². The van der Waals surface area contributed by atoms with E-state index in [4.69, 9.17) is 4.74 Å². The Labute approximate surface area is 185 Å². The second kappa shape index (κ2) is 8.59. The normalized spacial score (nSPS) is 11.1. The van der Waals surface area contributed by atoms with Crippen LogP contribution in [-0.2, 0) is 12.8 Å². The third-order valence-corrected chi connectivity index (χ3v) is 5.40. The maximum atomic E-state index is 13.7. The summed E-state index contributed by atoms with van der Waals surface area (Å²) >= 11 is 0. The van der Waals surface area contributed by atoms with Gasteiger partial charge in [0.1, 0.15) is 11.5 Å². The molecule has 5 rings (SSSR count). The summed E-state index contributed by atoms with van der Waals surface area (Å²) in [6, 6.07) is 15.8. The van der Waals surface area contributed by atoms with E-state index in [0.717, 1.165) is 45.0 Å². The SMILES string of the molecule is COc1ncc(F)cc1Cc1[c]ncc(Cc2c[nH]c3nccc(-c4ccccc4)c23)c1. The van der Waals surface area contributed by atoms with Crippen molar-refractivity contribution in [3.05, 3.63) is 108 Å². The minimum absolute atomic E-state index is 0.398. The van der Waals surface area contributed by atoms with Crippen LogP contribution in [0.2, 0.25) is 0 Å². The van der Waals surface area contributed by atoms with Crippen LogP contribution in [0, 0.1) is 12.0 Å². The van der Waals surface area contributed by atoms with Crippen molar-refractivity contribution in [1.29, 1.82) is 0 Å². The summed E-state index contributed by atoms with van der Waals surface area (Å²) in [6.45, 7) is 0. The smallest absolute Gasteiger partial charge is 0.216 e. The van der Waals surface area contributed by atoms with Crippen molar-refractivity contribution < 1.29 is 9.13 Å². The summed E-state index contributed by atoms with van der Waals surface area (Å²) in [6.07, 6.45) is 10.9. The van der Waals surface area contributed by atoms with Crippen molar-refractivity contribution in [2.24, 2.45) is 0 Å². The van der Waals surface area contributed by atoms with E-state index in [-0.39, 0.29) is 0 Å². The number of aromatic nitrogens is 4. The summed E-state index contributed by atoms with van der Waals surface area (Å²) in [7, 11) is 1.53. The highest BCUT2D eigenvalue weighted by Gasteiger charge is 2.13. The highest BCUT2D eigenvalue weighted by molar-refractivity contribution is 5.95. The molecule has 0 saturated carbocycles. The van der Waals surface area contributed by atoms with Gasteiger partial charge in [-0.15, -0.1) is 0 Å². The molecule has 1 aromatic carbocycles. The number of hydrogen-bond acceptors (Lipinski definition) is 4. The lowest BCUT2D eigenvalue weighted by Crippen LogP contribution is -1.99. The Morgan fingerprint density at radius 3 is 2.72 bits per heavy atom. The number of H-pyrrole nitrogens is 1. The molecule has 0 bridgehead atoms. The molecule has 0 amide bonds. The van der Waals surface area contributed by atoms with Gasteiger partial charge in [0.25, 0.3) is 0 Å². The Kier molecular flexibility index (Phi) is 5.34. The first kappa shape index (κ1) is 19.9. The molecule has 157 valence electrons. The third-order valence-electron chi connectivity index (χ3n) is 5.40. The number of pyridine rings is 3. The third kappa shape index (κ3) is 3.95. The molecule has 0 aliphatic carbocycles. The van der Waals surface area contributed by atoms with Gasteiger partial charge in [-0.05, 0) is 39.9 Å². The van der Waals surface area contributed by atoms with Gasteiger partial charge in [0.05, 0.1) is 19.5 Å². The molecule has 1 N–H and O–H groups in total. The van der Waals surface area contributed by atoms with Crippen molar-refractivity contribution in [2.45, 2.75) is 12.8 Å². The van der Waals surface area contributed by atoms with E-state index in [2.05, 4.69) is 38.3 Å². The van der Waals surface area contributed by atoms with E-state index < -0.39 is 5.82 Å². The van der Waals surface area contributed by atoms with Crippen molar-refractivity contribution >= 4 is 11.0 Å². The predicted molar refractivity (Wildman–Crippen MR) is 121 cm³/mol. The summed E-state index contributed by atoms with van der Waals surface area (Å²) in [4.78, 5) is 16.1. The zero-order chi connectivity index (χ0) is 21.9. The summed E-state index contributed by atoms with van der Waals surface area (Å²) in [5.74, 6) is 0.00468. The van der Waals surface area contributed by atoms with Crippen molar-refractivity contribution in [1.82, 2.24) is 19.9 Å². The molecule has 0 saturated heterocycles. The first-order valence-electron chi connectivity index (χ1n) is 10.3. The fraction of sp³-hybridized carbons (Fsp3) is 0.115. The van der Waals surface area contributed by atoms with Crippen LogP contribution in [0.15, 0.2) is 73.3 Å². The maximum Gasteiger partial charge on any atom is 0.216 e. The van der Waals surface area contributed by atoms with Gasteiger partial charge in [-0.3, -0.25) is 4.98 Å². The van der Waals surface area contributed by atoms with Crippen LogP contribution < -0.4 is 4.74 Å². The molecule has 4 aromatic heterocycles. The molecule has 5 nitrogen and oxygen atoms in total. The van der Waals surface area contributed by atoms with E-state index >= 15 is 0 Å². The van der Waals surface area contributed by atoms with E-state index in [9.17, 15) is 4.39 Å². The molecule has 0 atom stereocenters. The van der Waals surface area contributed by atoms with Gasteiger partial charge in [-0.25, -0.2) is 14.4 Å². The Bertz CT molecular complexity index is 1380. The lowest BCUT2D eigenvalue weighted by Gasteiger charge is -2.09. The predicted octanol–water partition coefficient (Wildman–Crippen LogP) is 5.15. The Hall–Kier alpha value is -4.06. The summed E-state index contributed by atoms with van der Waals surface area (Å²) in [5.41, 5.74) is 6.80. The van der Waals surface area contributed by atoms with Gasteiger partial charge in [0.15, 0.2) is 0 Å². The molecule has 0 aliphatic rings. The molecule has 5 aromatic rings. The van der Waals surface area contributed by atoms with Crippen LogP contribution in [0.25, 0.3) is 22.2 Å². The second-order valence-electron chi connectivity index (χ2n) is 7.55. The zero-order valence-corrected chi connectivity index (χ0v) is 17.5. The van der Waals surface area contributed by atoms with Crippen LogP contribution in [0.4, 0.5) is 4.39 Å². The van der Waals surface area contributed by atoms with Crippen LogP contribution in [0.1, 0.15) is 22.3 Å². The van der Waals surface area contributed by atoms with Gasteiger partial charge in [0, 0.05) is 42.4 Å². The number of fused-ring (bicyclic) bond motifs is 1. The first-order valence-corrected chi connectivity index (χ1v) is 10.3. The van der Waals surface area contributed by atoms with Gasteiger partial charge >= 0.3 is 0 Å². The van der Waals surface area contributed by atoms with E-state index in [1.807, 2.05) is 48.9 Å². The highest BCUT2D eigenvalue weighted by Crippen LogP contribution is 2.31. The van der Waals surface area contributed by atoms with Gasteiger partial charge in [-0.2, -0.15) is 0 Å². The minimum Gasteiger partial charge on any atom is -0.481 e. The lowest BCUT2D eigenvalue weighted by atomic mass is 9.97.